The number of aromatic nitrogens is 3. The quantitative estimate of drug-likeness (QED) is 0.878. The molecule has 1 amide bonds. The van der Waals surface area contributed by atoms with Crippen LogP contribution < -0.4 is 5.32 Å². The van der Waals surface area contributed by atoms with Crippen LogP contribution in [0.1, 0.15) is 25.0 Å². The summed E-state index contributed by atoms with van der Waals surface area (Å²) in [5.41, 5.74) is 1.77. The molecule has 3 rings (SSSR count). The second-order valence-corrected chi connectivity index (χ2v) is 5.62. The zero-order valence-electron chi connectivity index (χ0n) is 11.0. The molecule has 0 saturated heterocycles. The van der Waals surface area contributed by atoms with E-state index < -0.39 is 0 Å². The number of nitrogens with one attached hydrogen (secondary N) is 1. The average molecular weight is 288 g/mol. The van der Waals surface area contributed by atoms with E-state index in [1.54, 1.807) is 16.0 Å². The molecule has 2 heterocycles. The summed E-state index contributed by atoms with van der Waals surface area (Å²) in [5.74, 6) is 0.214. The molecule has 104 valence electrons. The number of carbonyl (C=O) groups excluding carboxylic acids is 1. The maximum Gasteiger partial charge on any atom is 0.223 e. The van der Waals surface area contributed by atoms with Gasteiger partial charge in [-0.1, -0.05) is 17.4 Å². The van der Waals surface area contributed by atoms with Gasteiger partial charge in [-0.3, -0.25) is 4.79 Å². The van der Waals surface area contributed by atoms with E-state index in [-0.39, 0.29) is 11.8 Å². The molecule has 0 aliphatic heterocycles. The fourth-order valence-corrected chi connectivity index (χ4v) is 2.87. The maximum absolute atomic E-state index is 12.0. The Morgan fingerprint density at radius 2 is 2.45 bits per heavy atom. The average Bonchev–Trinajstić information content (AvgIpc) is 3.16. The van der Waals surface area contributed by atoms with Gasteiger partial charge in [0.05, 0.1) is 18.4 Å². The Morgan fingerprint density at radius 1 is 1.50 bits per heavy atom. The molecule has 0 bridgehead atoms. The molecule has 20 heavy (non-hydrogen) atoms. The number of carbonyl (C=O) groups is 1. The van der Waals surface area contributed by atoms with Crippen molar-refractivity contribution in [3.8, 4) is 5.69 Å². The molecular weight excluding hydrogens is 272 g/mol. The van der Waals surface area contributed by atoms with Crippen LogP contribution in [0.15, 0.2) is 35.2 Å². The van der Waals surface area contributed by atoms with E-state index in [1.807, 2.05) is 23.0 Å². The Bertz CT molecular complexity index is 602. The SMILES string of the molecule is O=C(NCc1cn(-c2ccsc2)nn1)[C@@H]1CC=CCC1. The van der Waals surface area contributed by atoms with Gasteiger partial charge in [0.15, 0.2) is 0 Å². The molecule has 0 radical (unpaired) electrons. The predicted molar refractivity (Wildman–Crippen MR) is 77.6 cm³/mol. The first kappa shape index (κ1) is 13.1. The van der Waals surface area contributed by atoms with Crippen molar-refractivity contribution in [1.82, 2.24) is 20.3 Å². The first-order valence-corrected chi connectivity index (χ1v) is 7.64. The highest BCUT2D eigenvalue weighted by molar-refractivity contribution is 7.08. The van der Waals surface area contributed by atoms with Crippen LogP contribution >= 0.6 is 11.3 Å². The van der Waals surface area contributed by atoms with E-state index in [4.69, 9.17) is 0 Å². The molecule has 2 aromatic rings. The molecule has 2 aromatic heterocycles. The molecule has 1 aliphatic carbocycles. The first-order valence-electron chi connectivity index (χ1n) is 6.69. The van der Waals surface area contributed by atoms with Gasteiger partial charge in [0.1, 0.15) is 5.69 Å². The van der Waals surface area contributed by atoms with Crippen molar-refractivity contribution in [3.05, 3.63) is 40.9 Å². The second kappa shape index (κ2) is 6.00. The van der Waals surface area contributed by atoms with Crippen LogP contribution in [0.4, 0.5) is 0 Å². The van der Waals surface area contributed by atoms with Crippen LogP contribution in [0.2, 0.25) is 0 Å². The van der Waals surface area contributed by atoms with Gasteiger partial charge < -0.3 is 5.32 Å². The Labute approximate surface area is 121 Å². The molecule has 1 N–H and O–H groups in total. The van der Waals surface area contributed by atoms with E-state index in [9.17, 15) is 4.79 Å². The smallest absolute Gasteiger partial charge is 0.223 e. The Balaban J connectivity index is 1.56. The summed E-state index contributed by atoms with van der Waals surface area (Å²) >= 11 is 1.62. The van der Waals surface area contributed by atoms with Gasteiger partial charge in [-0.2, -0.15) is 11.3 Å². The summed E-state index contributed by atoms with van der Waals surface area (Å²) in [6.45, 7) is 0.434. The zero-order valence-corrected chi connectivity index (χ0v) is 11.8. The molecule has 0 aromatic carbocycles. The van der Waals surface area contributed by atoms with Crippen LogP contribution in [0.25, 0.3) is 5.69 Å². The number of nitrogens with zero attached hydrogens (tertiary/aromatic N) is 3. The zero-order chi connectivity index (χ0) is 13.8. The number of thiophene rings is 1. The Kier molecular flexibility index (Phi) is 3.92. The third-order valence-corrected chi connectivity index (χ3v) is 4.07. The van der Waals surface area contributed by atoms with Gasteiger partial charge in [0.2, 0.25) is 5.91 Å². The summed E-state index contributed by atoms with van der Waals surface area (Å²) in [7, 11) is 0. The largest absolute Gasteiger partial charge is 0.350 e. The summed E-state index contributed by atoms with van der Waals surface area (Å²) < 4.78 is 1.72. The normalized spacial score (nSPS) is 18.1. The molecule has 1 atom stereocenters. The third kappa shape index (κ3) is 2.96. The highest BCUT2D eigenvalue weighted by atomic mass is 32.1. The molecule has 0 saturated carbocycles. The van der Waals surface area contributed by atoms with Gasteiger partial charge in [-0.25, -0.2) is 4.68 Å². The van der Waals surface area contributed by atoms with Crippen LogP contribution in [-0.2, 0) is 11.3 Å². The fourth-order valence-electron chi connectivity index (χ4n) is 2.25. The van der Waals surface area contributed by atoms with Crippen molar-refractivity contribution < 1.29 is 4.79 Å². The van der Waals surface area contributed by atoms with E-state index in [2.05, 4.69) is 27.8 Å². The molecule has 0 spiro atoms. The van der Waals surface area contributed by atoms with Gasteiger partial charge >= 0.3 is 0 Å². The molecule has 6 heteroatoms. The first-order chi connectivity index (χ1) is 9.83. The Morgan fingerprint density at radius 3 is 3.20 bits per heavy atom. The number of rotatable bonds is 4. The highest BCUT2D eigenvalue weighted by Crippen LogP contribution is 2.18. The van der Waals surface area contributed by atoms with E-state index in [0.717, 1.165) is 30.6 Å². The molecule has 0 fully saturated rings. The molecule has 1 aliphatic rings. The fraction of sp³-hybridized carbons (Fsp3) is 0.357. The minimum Gasteiger partial charge on any atom is -0.350 e. The van der Waals surface area contributed by atoms with Crippen molar-refractivity contribution in [3.63, 3.8) is 0 Å². The molecule has 5 nitrogen and oxygen atoms in total. The number of amides is 1. The summed E-state index contributed by atoms with van der Waals surface area (Å²) in [5, 5.41) is 15.1. The molecular formula is C14H16N4OS. The van der Waals surface area contributed by atoms with E-state index >= 15 is 0 Å². The summed E-state index contributed by atoms with van der Waals surface area (Å²) in [4.78, 5) is 12.0. The number of hydrogen-bond donors (Lipinski definition) is 1. The maximum atomic E-state index is 12.0. The van der Waals surface area contributed by atoms with Gasteiger partial charge in [0.25, 0.3) is 0 Å². The van der Waals surface area contributed by atoms with Crippen molar-refractivity contribution in [2.45, 2.75) is 25.8 Å². The van der Waals surface area contributed by atoms with Crippen LogP contribution in [0.5, 0.6) is 0 Å². The lowest BCUT2D eigenvalue weighted by molar-refractivity contribution is -0.125. The lowest BCUT2D eigenvalue weighted by Gasteiger charge is -2.16. The lowest BCUT2D eigenvalue weighted by atomic mass is 9.94. The Hall–Kier alpha value is -1.95. The number of hydrogen-bond acceptors (Lipinski definition) is 4. The van der Waals surface area contributed by atoms with Crippen molar-refractivity contribution >= 4 is 17.2 Å². The summed E-state index contributed by atoms with van der Waals surface area (Å²) in [6, 6.07) is 1.98. The van der Waals surface area contributed by atoms with Crippen molar-refractivity contribution in [1.29, 1.82) is 0 Å². The summed E-state index contributed by atoms with van der Waals surface area (Å²) in [6.07, 6.45) is 8.84. The van der Waals surface area contributed by atoms with Gasteiger partial charge in [-0.05, 0) is 30.7 Å². The van der Waals surface area contributed by atoms with Crippen LogP contribution in [-0.4, -0.2) is 20.9 Å². The lowest BCUT2D eigenvalue weighted by Crippen LogP contribution is -2.30. The molecule has 0 unspecified atom stereocenters. The van der Waals surface area contributed by atoms with E-state index in [1.165, 1.54) is 0 Å². The third-order valence-electron chi connectivity index (χ3n) is 3.40. The standard InChI is InChI=1S/C14H16N4OS/c19-14(11-4-2-1-3-5-11)15-8-12-9-18(17-16-12)13-6-7-20-10-13/h1-2,6-7,9-11H,3-5,8H2,(H,15,19)/t11-/m1/s1. The predicted octanol–water partition coefficient (Wildman–Crippen LogP) is 2.30. The van der Waals surface area contributed by atoms with Gasteiger partial charge in [0, 0.05) is 11.3 Å². The highest BCUT2D eigenvalue weighted by Gasteiger charge is 2.18. The number of allylic oxidation sites excluding steroid dienone is 2. The van der Waals surface area contributed by atoms with Crippen molar-refractivity contribution in [2.75, 3.05) is 0 Å². The van der Waals surface area contributed by atoms with Crippen LogP contribution in [0.3, 0.4) is 0 Å². The van der Waals surface area contributed by atoms with Crippen molar-refractivity contribution in [2.24, 2.45) is 5.92 Å². The van der Waals surface area contributed by atoms with E-state index in [0.29, 0.717) is 6.54 Å². The van der Waals surface area contributed by atoms with Gasteiger partial charge in [-0.15, -0.1) is 5.10 Å². The minimum atomic E-state index is 0.104. The minimum absolute atomic E-state index is 0.104. The topological polar surface area (TPSA) is 59.8 Å². The van der Waals surface area contributed by atoms with Crippen LogP contribution in [0, 0.1) is 5.92 Å². The second-order valence-electron chi connectivity index (χ2n) is 4.84. The monoisotopic (exact) mass is 288 g/mol.